The van der Waals surface area contributed by atoms with Gasteiger partial charge in [-0.2, -0.15) is 13.2 Å². The molecular formula is C45H50F3N3O. The Morgan fingerprint density at radius 2 is 1.35 bits per heavy atom. The lowest BCUT2D eigenvalue weighted by Gasteiger charge is -2.38. The predicted octanol–water partition coefficient (Wildman–Crippen LogP) is 9.76. The van der Waals surface area contributed by atoms with Gasteiger partial charge in [0.2, 0.25) is 5.91 Å². The first-order valence-electron chi connectivity index (χ1n) is 18.7. The third-order valence-electron chi connectivity index (χ3n) is 10.7. The second-order valence-corrected chi connectivity index (χ2v) is 14.3. The summed E-state index contributed by atoms with van der Waals surface area (Å²) in [6, 6.07) is 34.3. The minimum absolute atomic E-state index is 0.114. The first kappa shape index (κ1) is 37.0. The highest BCUT2D eigenvalue weighted by Crippen LogP contribution is 2.30. The van der Waals surface area contributed by atoms with Gasteiger partial charge in [0.1, 0.15) is 6.04 Å². The van der Waals surface area contributed by atoms with E-state index in [1.54, 1.807) is 0 Å². The molecule has 2 heterocycles. The van der Waals surface area contributed by atoms with Crippen molar-refractivity contribution in [3.05, 3.63) is 162 Å². The number of allylic oxidation sites excluding steroid dienone is 2. The Balaban J connectivity index is 1.22. The maximum absolute atomic E-state index is 14.6. The van der Waals surface area contributed by atoms with E-state index in [0.29, 0.717) is 31.2 Å². The average molecular weight is 706 g/mol. The highest BCUT2D eigenvalue weighted by Gasteiger charge is 2.32. The summed E-state index contributed by atoms with van der Waals surface area (Å²) in [5, 5.41) is 0. The van der Waals surface area contributed by atoms with Crippen LogP contribution in [0.3, 0.4) is 0 Å². The molecule has 52 heavy (non-hydrogen) atoms. The smallest absolute Gasteiger partial charge is 0.371 e. The van der Waals surface area contributed by atoms with Gasteiger partial charge in [-0.25, -0.2) is 0 Å². The number of rotatable bonds is 13. The Hall–Kier alpha value is -4.78. The van der Waals surface area contributed by atoms with Gasteiger partial charge in [0, 0.05) is 44.8 Å². The number of amides is 1. The Kier molecular flexibility index (Phi) is 12.5. The highest BCUT2D eigenvalue weighted by molar-refractivity contribution is 5.82. The van der Waals surface area contributed by atoms with Crippen molar-refractivity contribution >= 4 is 11.6 Å². The van der Waals surface area contributed by atoms with Crippen LogP contribution in [-0.4, -0.2) is 47.9 Å². The van der Waals surface area contributed by atoms with E-state index in [4.69, 9.17) is 0 Å². The number of nitrogens with zero attached hydrogens (tertiary/aromatic N) is 3. The summed E-state index contributed by atoms with van der Waals surface area (Å²) in [4.78, 5) is 21.2. The van der Waals surface area contributed by atoms with Crippen LogP contribution in [0, 0.1) is 11.8 Å². The summed E-state index contributed by atoms with van der Waals surface area (Å²) in [6.07, 6.45) is 7.82. The molecule has 4 aromatic carbocycles. The van der Waals surface area contributed by atoms with E-state index in [9.17, 15) is 18.0 Å². The first-order valence-corrected chi connectivity index (χ1v) is 18.7. The molecule has 7 heteroatoms. The largest absolute Gasteiger partial charge is 0.416 e. The average Bonchev–Trinajstić information content (AvgIpc) is 3.18. The van der Waals surface area contributed by atoms with Crippen LogP contribution in [0.15, 0.2) is 134 Å². The molecule has 0 unspecified atom stereocenters. The van der Waals surface area contributed by atoms with Crippen molar-refractivity contribution in [1.29, 1.82) is 0 Å². The molecule has 4 nitrogen and oxygen atoms in total. The molecule has 1 amide bonds. The molecule has 272 valence electrons. The lowest BCUT2D eigenvalue weighted by atomic mass is 9.89. The van der Waals surface area contributed by atoms with E-state index in [-0.39, 0.29) is 5.91 Å². The predicted molar refractivity (Wildman–Crippen MR) is 205 cm³/mol. The maximum atomic E-state index is 14.6. The third kappa shape index (κ3) is 10.2. The topological polar surface area (TPSA) is 26.8 Å². The van der Waals surface area contributed by atoms with Crippen molar-refractivity contribution in [3.8, 4) is 0 Å². The number of anilines is 1. The molecule has 4 aromatic rings. The summed E-state index contributed by atoms with van der Waals surface area (Å²) in [6.45, 7) is 7.96. The highest BCUT2D eigenvalue weighted by atomic mass is 19.4. The SMILES string of the molecule is C=CC1CCN(c2ccc(CN(C=CCc3ccc(C(F)(F)F)cc3)[C@@H](Cc3ccccc3)C(=O)N3CCC(Cc4ccccc4)CC3)cc2)CC1. The number of piperidine rings is 2. The van der Waals surface area contributed by atoms with E-state index in [1.807, 2.05) is 41.4 Å². The van der Waals surface area contributed by atoms with Crippen LogP contribution in [-0.2, 0) is 36.8 Å². The number of likely N-dealkylation sites (tertiary alicyclic amines) is 1. The van der Waals surface area contributed by atoms with Gasteiger partial charge < -0.3 is 14.7 Å². The fraction of sp³-hybridized carbons (Fsp3) is 0.356. The molecule has 1 atom stereocenters. The van der Waals surface area contributed by atoms with E-state index < -0.39 is 17.8 Å². The Morgan fingerprint density at radius 3 is 1.94 bits per heavy atom. The quantitative estimate of drug-likeness (QED) is 0.130. The van der Waals surface area contributed by atoms with Crippen LogP contribution in [0.4, 0.5) is 18.9 Å². The number of hydrogen-bond acceptors (Lipinski definition) is 3. The van der Waals surface area contributed by atoms with Crippen molar-refractivity contribution in [1.82, 2.24) is 9.80 Å². The summed E-state index contributed by atoms with van der Waals surface area (Å²) in [7, 11) is 0. The van der Waals surface area contributed by atoms with Gasteiger partial charge in [0.15, 0.2) is 0 Å². The molecular weight excluding hydrogens is 656 g/mol. The van der Waals surface area contributed by atoms with Gasteiger partial charge in [-0.1, -0.05) is 97.1 Å². The lowest BCUT2D eigenvalue weighted by Crippen LogP contribution is -2.50. The van der Waals surface area contributed by atoms with Crippen molar-refractivity contribution < 1.29 is 18.0 Å². The molecule has 2 aliphatic rings. The molecule has 0 N–H and O–H groups in total. The molecule has 2 aliphatic heterocycles. The van der Waals surface area contributed by atoms with Crippen LogP contribution in [0.5, 0.6) is 0 Å². The second-order valence-electron chi connectivity index (χ2n) is 14.3. The number of halogens is 3. The molecule has 0 bridgehead atoms. The van der Waals surface area contributed by atoms with Crippen molar-refractivity contribution in [2.24, 2.45) is 11.8 Å². The van der Waals surface area contributed by atoms with E-state index in [1.165, 1.54) is 23.4 Å². The second kappa shape index (κ2) is 17.6. The van der Waals surface area contributed by atoms with Crippen LogP contribution >= 0.6 is 0 Å². The molecule has 2 saturated heterocycles. The van der Waals surface area contributed by atoms with Crippen molar-refractivity contribution in [3.63, 3.8) is 0 Å². The number of benzene rings is 4. The molecule has 2 fully saturated rings. The molecule has 0 radical (unpaired) electrons. The van der Waals surface area contributed by atoms with E-state index in [0.717, 1.165) is 87.1 Å². The Bertz CT molecular complexity index is 1720. The van der Waals surface area contributed by atoms with Gasteiger partial charge in [-0.05, 0) is 103 Å². The zero-order valence-electron chi connectivity index (χ0n) is 29.9. The fourth-order valence-corrected chi connectivity index (χ4v) is 7.54. The number of alkyl halides is 3. The number of carbonyl (C=O) groups excluding carboxylic acids is 1. The van der Waals surface area contributed by atoms with Crippen molar-refractivity contribution in [2.45, 2.75) is 63.7 Å². The zero-order valence-corrected chi connectivity index (χ0v) is 29.9. The Labute approximate surface area is 307 Å². The van der Waals surface area contributed by atoms with Crippen molar-refractivity contribution in [2.75, 3.05) is 31.1 Å². The summed E-state index contributed by atoms with van der Waals surface area (Å²) >= 11 is 0. The van der Waals surface area contributed by atoms with Gasteiger partial charge in [-0.3, -0.25) is 4.79 Å². The fourth-order valence-electron chi connectivity index (χ4n) is 7.54. The van der Waals surface area contributed by atoms with Crippen LogP contribution in [0.2, 0.25) is 0 Å². The summed E-state index contributed by atoms with van der Waals surface area (Å²) in [5.41, 5.74) is 4.84. The van der Waals surface area contributed by atoms with Gasteiger partial charge >= 0.3 is 6.18 Å². The minimum atomic E-state index is -4.37. The number of hydrogen-bond donors (Lipinski definition) is 0. The van der Waals surface area contributed by atoms with Crippen LogP contribution < -0.4 is 4.90 Å². The van der Waals surface area contributed by atoms with Gasteiger partial charge in [0.25, 0.3) is 0 Å². The summed E-state index contributed by atoms with van der Waals surface area (Å²) < 4.78 is 39.6. The molecule has 0 saturated carbocycles. The van der Waals surface area contributed by atoms with E-state index in [2.05, 4.69) is 83.1 Å². The number of carbonyl (C=O) groups is 1. The zero-order chi connectivity index (χ0) is 36.3. The van der Waals surface area contributed by atoms with Crippen LogP contribution in [0.25, 0.3) is 0 Å². The van der Waals surface area contributed by atoms with E-state index >= 15 is 0 Å². The molecule has 0 spiro atoms. The first-order chi connectivity index (χ1) is 25.2. The molecule has 0 aromatic heterocycles. The summed E-state index contributed by atoms with van der Waals surface area (Å²) in [5.74, 6) is 1.23. The maximum Gasteiger partial charge on any atom is 0.416 e. The Morgan fingerprint density at radius 1 is 0.750 bits per heavy atom. The van der Waals surface area contributed by atoms with Gasteiger partial charge in [-0.15, -0.1) is 6.58 Å². The minimum Gasteiger partial charge on any atom is -0.371 e. The lowest BCUT2D eigenvalue weighted by molar-refractivity contribution is -0.138. The van der Waals surface area contributed by atoms with Crippen LogP contribution in [0.1, 0.15) is 53.5 Å². The normalized spacial score (nSPS) is 16.6. The molecule has 6 rings (SSSR count). The van der Waals surface area contributed by atoms with Gasteiger partial charge in [0.05, 0.1) is 5.56 Å². The standard InChI is InChI=1S/C45H50F3N3O/c1-2-35-23-28-49(29-24-35)42-21-17-40(18-22-42)34-51(27-9-14-36-15-19-41(20-16-36)45(46,47)48)43(33-38-12-7-4-8-13-38)44(52)50-30-25-39(26-31-50)32-37-10-5-3-6-11-37/h2-13,15-22,27,35,39,43H,1,14,23-26,28-34H2/t43-/m0/s1. The third-order valence-corrected chi connectivity index (χ3v) is 10.7. The monoisotopic (exact) mass is 705 g/mol. The molecule has 0 aliphatic carbocycles.